The van der Waals surface area contributed by atoms with Crippen LogP contribution in [-0.2, 0) is 10.3 Å². The third-order valence-electron chi connectivity index (χ3n) is 6.10. The van der Waals surface area contributed by atoms with Gasteiger partial charge in [0.05, 0.1) is 5.56 Å². The number of cyclic esters (lactones) is 1. The van der Waals surface area contributed by atoms with Crippen molar-refractivity contribution >= 4 is 28.9 Å². The highest BCUT2D eigenvalue weighted by molar-refractivity contribution is 5.99. The van der Waals surface area contributed by atoms with Gasteiger partial charge in [0.25, 0.3) is 0 Å². The first-order valence-corrected chi connectivity index (χ1v) is 10.2. The third-order valence-corrected chi connectivity index (χ3v) is 6.10. The number of hydrogen-bond acceptors (Lipinski definition) is 4. The Balaban J connectivity index is 1.99. The van der Waals surface area contributed by atoms with Crippen LogP contribution in [-0.4, -0.2) is 16.2 Å². The summed E-state index contributed by atoms with van der Waals surface area (Å²) in [5.74, 6) is -0.249. The van der Waals surface area contributed by atoms with E-state index in [1.54, 1.807) is 48.6 Å². The van der Waals surface area contributed by atoms with Gasteiger partial charge in [-0.2, -0.15) is 0 Å². The molecule has 156 valence electrons. The predicted octanol–water partition coefficient (Wildman–Crippen LogP) is 6.00. The molecule has 0 saturated heterocycles. The molecule has 4 heteroatoms. The molecule has 2 N–H and O–H groups in total. The molecule has 5 rings (SSSR count). The molecule has 0 spiro atoms. The van der Waals surface area contributed by atoms with Crippen LogP contribution >= 0.6 is 0 Å². The summed E-state index contributed by atoms with van der Waals surface area (Å²) in [6.07, 6.45) is 3.19. The fraction of sp³-hybridized carbons (Fsp3) is 0.0357. The zero-order chi connectivity index (χ0) is 22.5. The number of fused-ring (bicyclic) bond motifs is 2. The zero-order valence-electron chi connectivity index (χ0n) is 17.2. The molecule has 1 unspecified atom stereocenters. The zero-order valence-corrected chi connectivity index (χ0v) is 17.2. The van der Waals surface area contributed by atoms with Crippen LogP contribution < -0.4 is 0 Å². The topological polar surface area (TPSA) is 66.8 Å². The molecule has 0 amide bonds. The molecule has 0 fully saturated rings. The maximum atomic E-state index is 13.1. The molecule has 4 aromatic rings. The van der Waals surface area contributed by atoms with Gasteiger partial charge in [-0.3, -0.25) is 0 Å². The third kappa shape index (κ3) is 2.53. The highest BCUT2D eigenvalue weighted by Gasteiger charge is 2.50. The van der Waals surface area contributed by atoms with Gasteiger partial charge in [-0.1, -0.05) is 67.8 Å². The van der Waals surface area contributed by atoms with Gasteiger partial charge < -0.3 is 14.9 Å². The summed E-state index contributed by atoms with van der Waals surface area (Å²) in [6, 6.07) is 21.4. The highest BCUT2D eigenvalue weighted by atomic mass is 16.6. The molecule has 32 heavy (non-hydrogen) atoms. The quantitative estimate of drug-likeness (QED) is 0.398. The van der Waals surface area contributed by atoms with Crippen LogP contribution in [0.1, 0.15) is 38.2 Å². The minimum Gasteiger partial charge on any atom is -0.507 e. The van der Waals surface area contributed by atoms with Crippen LogP contribution in [0.4, 0.5) is 0 Å². The SMILES string of the molecule is C=Cc1c(O)ccc(C2(c3ccc(O)c4ccccc34)OC(=O)c3ccccc32)c1C=C. The van der Waals surface area contributed by atoms with Crippen LogP contribution in [0.5, 0.6) is 11.5 Å². The second-order valence-electron chi connectivity index (χ2n) is 7.66. The van der Waals surface area contributed by atoms with Gasteiger partial charge in [-0.15, -0.1) is 0 Å². The van der Waals surface area contributed by atoms with Crippen molar-refractivity contribution in [2.75, 3.05) is 0 Å². The van der Waals surface area contributed by atoms with Crippen LogP contribution in [0.2, 0.25) is 0 Å². The van der Waals surface area contributed by atoms with E-state index < -0.39 is 11.6 Å². The molecule has 1 aliphatic rings. The summed E-state index contributed by atoms with van der Waals surface area (Å²) in [7, 11) is 0. The lowest BCUT2D eigenvalue weighted by atomic mass is 9.75. The fourth-order valence-corrected chi connectivity index (χ4v) is 4.72. The first-order chi connectivity index (χ1) is 15.5. The average Bonchev–Trinajstić information content (AvgIpc) is 3.12. The second-order valence-corrected chi connectivity index (χ2v) is 7.66. The van der Waals surface area contributed by atoms with Crippen LogP contribution in [0.3, 0.4) is 0 Å². The highest BCUT2D eigenvalue weighted by Crippen LogP contribution is 2.51. The standard InChI is InChI=1S/C28H20O4/c1-3-17-18(4-2)25(29)15-13-23(17)28(22-12-8-7-11-21(22)27(31)32-28)24-14-16-26(30)20-10-6-5-9-19(20)24/h3-16,29-30H,1-2H2. The average molecular weight is 420 g/mol. The Labute approximate surface area is 185 Å². The number of carbonyl (C=O) groups is 1. The number of phenolic OH excluding ortho intramolecular Hbond substituents is 2. The largest absolute Gasteiger partial charge is 0.507 e. The maximum absolute atomic E-state index is 13.1. The molecule has 4 nitrogen and oxygen atoms in total. The normalized spacial score (nSPS) is 17.1. The fourth-order valence-electron chi connectivity index (χ4n) is 4.72. The van der Waals surface area contributed by atoms with Gasteiger partial charge >= 0.3 is 5.97 Å². The van der Waals surface area contributed by atoms with Gasteiger partial charge in [0.15, 0.2) is 5.60 Å². The van der Waals surface area contributed by atoms with Crippen molar-refractivity contribution in [2.24, 2.45) is 0 Å². The molecular weight excluding hydrogens is 400 g/mol. The summed E-state index contributed by atoms with van der Waals surface area (Å²) < 4.78 is 6.24. The minimum absolute atomic E-state index is 0.0574. The lowest BCUT2D eigenvalue weighted by molar-refractivity contribution is 0.0255. The first kappa shape index (κ1) is 19.6. The molecule has 0 radical (unpaired) electrons. The van der Waals surface area contributed by atoms with Crippen molar-refractivity contribution in [3.05, 3.63) is 119 Å². The molecule has 0 bridgehead atoms. The molecule has 0 saturated carbocycles. The van der Waals surface area contributed by atoms with Gasteiger partial charge in [0.2, 0.25) is 0 Å². The Hall–Kier alpha value is -4.31. The number of carbonyl (C=O) groups excluding carboxylic acids is 1. The van der Waals surface area contributed by atoms with Crippen molar-refractivity contribution in [3.8, 4) is 11.5 Å². The smallest absolute Gasteiger partial charge is 0.340 e. The van der Waals surface area contributed by atoms with E-state index in [9.17, 15) is 15.0 Å². The van der Waals surface area contributed by atoms with E-state index in [1.165, 1.54) is 0 Å². The molecular formula is C28H20O4. The number of hydrogen-bond donors (Lipinski definition) is 2. The Bertz CT molecular complexity index is 1430. The number of benzene rings is 4. The number of ether oxygens (including phenoxy) is 1. The summed E-state index contributed by atoms with van der Waals surface area (Å²) in [5.41, 5.74) is 2.30. The van der Waals surface area contributed by atoms with E-state index in [0.29, 0.717) is 38.8 Å². The van der Waals surface area contributed by atoms with Crippen molar-refractivity contribution in [1.29, 1.82) is 0 Å². The van der Waals surface area contributed by atoms with Crippen LogP contribution in [0.15, 0.2) is 86.0 Å². The van der Waals surface area contributed by atoms with Crippen LogP contribution in [0.25, 0.3) is 22.9 Å². The summed E-state index contributed by atoms with van der Waals surface area (Å²) in [4.78, 5) is 13.1. The Morgan fingerprint density at radius 1 is 0.688 bits per heavy atom. The summed E-state index contributed by atoms with van der Waals surface area (Å²) >= 11 is 0. The molecule has 1 aliphatic heterocycles. The number of phenols is 2. The summed E-state index contributed by atoms with van der Waals surface area (Å²) in [6.45, 7) is 7.79. The monoisotopic (exact) mass is 420 g/mol. The van der Waals surface area contributed by atoms with Crippen LogP contribution in [0, 0.1) is 0 Å². The van der Waals surface area contributed by atoms with Crippen molar-refractivity contribution in [1.82, 2.24) is 0 Å². The van der Waals surface area contributed by atoms with Crippen molar-refractivity contribution in [2.45, 2.75) is 5.60 Å². The maximum Gasteiger partial charge on any atom is 0.340 e. The van der Waals surface area contributed by atoms with E-state index in [0.717, 1.165) is 5.39 Å². The molecule has 1 atom stereocenters. The van der Waals surface area contributed by atoms with E-state index in [-0.39, 0.29) is 11.5 Å². The van der Waals surface area contributed by atoms with Crippen molar-refractivity contribution in [3.63, 3.8) is 0 Å². The number of esters is 1. The van der Waals surface area contributed by atoms with E-state index in [2.05, 4.69) is 13.2 Å². The molecule has 1 heterocycles. The second kappa shape index (κ2) is 7.13. The Morgan fingerprint density at radius 3 is 2.06 bits per heavy atom. The summed E-state index contributed by atoms with van der Waals surface area (Å²) in [5, 5.41) is 22.3. The number of rotatable bonds is 4. The van der Waals surface area contributed by atoms with Gasteiger partial charge in [0, 0.05) is 27.6 Å². The van der Waals surface area contributed by atoms with Gasteiger partial charge in [0.1, 0.15) is 11.5 Å². The first-order valence-electron chi connectivity index (χ1n) is 10.2. The van der Waals surface area contributed by atoms with Crippen molar-refractivity contribution < 1.29 is 19.7 Å². The Morgan fingerprint density at radius 2 is 1.31 bits per heavy atom. The van der Waals surface area contributed by atoms with E-state index >= 15 is 0 Å². The molecule has 4 aromatic carbocycles. The van der Waals surface area contributed by atoms with Gasteiger partial charge in [-0.25, -0.2) is 4.79 Å². The van der Waals surface area contributed by atoms with Gasteiger partial charge in [-0.05, 0) is 41.3 Å². The Kier molecular flexibility index (Phi) is 4.38. The lowest BCUT2D eigenvalue weighted by Gasteiger charge is -2.33. The molecule has 0 aliphatic carbocycles. The van der Waals surface area contributed by atoms with E-state index in [4.69, 9.17) is 4.74 Å². The predicted molar refractivity (Wildman–Crippen MR) is 126 cm³/mol. The minimum atomic E-state index is -1.31. The lowest BCUT2D eigenvalue weighted by Crippen LogP contribution is -2.31. The number of aromatic hydroxyl groups is 2. The van der Waals surface area contributed by atoms with E-state index in [1.807, 2.05) is 36.4 Å². The molecule has 0 aromatic heterocycles.